The molecule has 7 nitrogen and oxygen atoms in total. The van der Waals surface area contributed by atoms with Gasteiger partial charge >= 0.3 is 5.97 Å². The van der Waals surface area contributed by atoms with Crippen molar-refractivity contribution in [3.8, 4) is 0 Å². The molecule has 2 unspecified atom stereocenters. The largest absolute Gasteiger partial charge is 0.461 e. The number of nitrogens with two attached hydrogens (primary N) is 1. The first kappa shape index (κ1) is 13.6. The van der Waals surface area contributed by atoms with Crippen LogP contribution in [-0.2, 0) is 9.53 Å². The van der Waals surface area contributed by atoms with E-state index in [1.807, 2.05) is 0 Å². The third-order valence-electron chi connectivity index (χ3n) is 1.92. The molecule has 0 aliphatic carbocycles. The maximum Gasteiger partial charge on any atom is 0.358 e. The smallest absolute Gasteiger partial charge is 0.358 e. The van der Waals surface area contributed by atoms with Crippen LogP contribution < -0.4 is 5.73 Å². The highest BCUT2D eigenvalue weighted by Gasteiger charge is 2.30. The second-order valence-corrected chi connectivity index (χ2v) is 3.96. The summed E-state index contributed by atoms with van der Waals surface area (Å²) in [4.78, 5) is 25.9. The quantitative estimate of drug-likeness (QED) is 0.595. The van der Waals surface area contributed by atoms with E-state index in [4.69, 9.17) is 10.5 Å². The van der Waals surface area contributed by atoms with E-state index in [1.165, 1.54) is 5.51 Å². The fourth-order valence-electron chi connectivity index (χ4n) is 1.12. The van der Waals surface area contributed by atoms with Crippen molar-refractivity contribution in [2.75, 3.05) is 6.61 Å². The van der Waals surface area contributed by atoms with E-state index >= 15 is 0 Å². The lowest BCUT2D eigenvalue weighted by molar-refractivity contribution is -0.131. The van der Waals surface area contributed by atoms with Gasteiger partial charge in [0.05, 0.1) is 17.0 Å². The maximum atomic E-state index is 11.4. The van der Waals surface area contributed by atoms with E-state index in [0.717, 1.165) is 11.3 Å². The number of aromatic nitrogens is 1. The van der Waals surface area contributed by atoms with Crippen LogP contribution in [0.2, 0.25) is 0 Å². The van der Waals surface area contributed by atoms with Crippen LogP contribution in [0.3, 0.4) is 0 Å². The van der Waals surface area contributed by atoms with Crippen molar-refractivity contribution in [1.29, 1.82) is 0 Å². The van der Waals surface area contributed by atoms with Crippen LogP contribution in [0.4, 0.5) is 0 Å². The Bertz CT molecular complexity index is 419. The minimum absolute atomic E-state index is 0.0507. The Hall–Kier alpha value is -1.51. The molecule has 1 heterocycles. The number of hydrogen-bond acceptors (Lipinski definition) is 7. The summed E-state index contributed by atoms with van der Waals surface area (Å²) < 4.78 is 4.71. The van der Waals surface area contributed by atoms with Gasteiger partial charge in [0.25, 0.3) is 0 Å². The van der Waals surface area contributed by atoms with Gasteiger partial charge in [-0.2, -0.15) is 0 Å². The van der Waals surface area contributed by atoms with Gasteiger partial charge in [-0.05, 0) is 6.92 Å². The summed E-state index contributed by atoms with van der Waals surface area (Å²) in [6.45, 7) is 1.78. The van der Waals surface area contributed by atoms with Crippen molar-refractivity contribution < 1.29 is 24.5 Å². The number of carbonyl (C=O) groups is 2. The lowest BCUT2D eigenvalue weighted by Gasteiger charge is -2.13. The van der Waals surface area contributed by atoms with Gasteiger partial charge in [0.1, 0.15) is 6.10 Å². The van der Waals surface area contributed by atoms with Crippen molar-refractivity contribution in [2.24, 2.45) is 5.73 Å². The van der Waals surface area contributed by atoms with Crippen LogP contribution in [0.5, 0.6) is 0 Å². The highest BCUT2D eigenvalue weighted by Crippen LogP contribution is 2.25. The third kappa shape index (κ3) is 2.99. The summed E-state index contributed by atoms with van der Waals surface area (Å²) >= 11 is 0.928. The van der Waals surface area contributed by atoms with Crippen molar-refractivity contribution in [3.63, 3.8) is 0 Å². The molecule has 0 aliphatic heterocycles. The summed E-state index contributed by atoms with van der Waals surface area (Å²) in [6, 6.07) is 0. The molecule has 0 saturated heterocycles. The van der Waals surface area contributed by atoms with Gasteiger partial charge in [0, 0.05) is 0 Å². The summed E-state index contributed by atoms with van der Waals surface area (Å²) in [7, 11) is 0. The van der Waals surface area contributed by atoms with Gasteiger partial charge in [0.15, 0.2) is 11.8 Å². The van der Waals surface area contributed by atoms with Crippen LogP contribution >= 0.6 is 11.3 Å². The number of thiazole rings is 1. The molecule has 0 radical (unpaired) electrons. The van der Waals surface area contributed by atoms with E-state index in [1.54, 1.807) is 6.92 Å². The molecule has 17 heavy (non-hydrogen) atoms. The van der Waals surface area contributed by atoms with Crippen LogP contribution in [0, 0.1) is 0 Å². The highest BCUT2D eigenvalue weighted by atomic mass is 32.1. The van der Waals surface area contributed by atoms with Crippen LogP contribution in [0.25, 0.3) is 0 Å². The molecule has 2 atom stereocenters. The number of ether oxygens (including phenoxy) is 1. The lowest BCUT2D eigenvalue weighted by Crippen LogP contribution is -2.34. The average molecular weight is 260 g/mol. The molecule has 0 aliphatic rings. The number of nitrogens with zero attached hydrogens (tertiary/aromatic N) is 1. The molecular weight excluding hydrogens is 248 g/mol. The molecule has 8 heteroatoms. The first-order chi connectivity index (χ1) is 7.99. The molecule has 0 fully saturated rings. The van der Waals surface area contributed by atoms with Gasteiger partial charge in [-0.15, -0.1) is 11.3 Å². The van der Waals surface area contributed by atoms with Gasteiger partial charge in [-0.1, -0.05) is 0 Å². The summed E-state index contributed by atoms with van der Waals surface area (Å²) in [6.07, 6.45) is -3.37. The number of aliphatic hydroxyl groups excluding tert-OH is 2. The zero-order chi connectivity index (χ0) is 13.0. The van der Waals surface area contributed by atoms with Crippen LogP contribution in [-0.4, -0.2) is 39.8 Å². The summed E-state index contributed by atoms with van der Waals surface area (Å²) in [5, 5.41) is 19.0. The molecule has 4 N–H and O–H groups in total. The summed E-state index contributed by atoms with van der Waals surface area (Å²) in [5.41, 5.74) is 6.03. The molecule has 0 bridgehead atoms. The fraction of sp³-hybridized carbons (Fsp3) is 0.444. The molecule has 0 spiro atoms. The molecule has 1 aromatic heterocycles. The van der Waals surface area contributed by atoms with Crippen LogP contribution in [0.15, 0.2) is 5.51 Å². The van der Waals surface area contributed by atoms with E-state index < -0.39 is 24.1 Å². The monoisotopic (exact) mass is 260 g/mol. The number of amides is 1. The minimum atomic E-state index is -1.79. The first-order valence-electron chi connectivity index (χ1n) is 4.75. The molecule has 1 rings (SSSR count). The van der Waals surface area contributed by atoms with Gasteiger partial charge in [-0.25, -0.2) is 9.78 Å². The number of hydrogen-bond donors (Lipinski definition) is 3. The van der Waals surface area contributed by atoms with E-state index in [9.17, 15) is 19.8 Å². The zero-order valence-corrected chi connectivity index (χ0v) is 9.81. The Kier molecular flexibility index (Phi) is 4.55. The zero-order valence-electron chi connectivity index (χ0n) is 8.99. The predicted octanol–water partition coefficient (Wildman–Crippen LogP) is -0.801. The molecular formula is C9H12N2O5S. The molecule has 94 valence electrons. The number of rotatable bonds is 5. The third-order valence-corrected chi connectivity index (χ3v) is 2.82. The highest BCUT2D eigenvalue weighted by molar-refractivity contribution is 7.10. The van der Waals surface area contributed by atoms with Gasteiger partial charge < -0.3 is 20.7 Å². The second kappa shape index (κ2) is 5.71. The lowest BCUT2D eigenvalue weighted by atomic mass is 10.1. The first-order valence-corrected chi connectivity index (χ1v) is 5.63. The van der Waals surface area contributed by atoms with Gasteiger partial charge in [-0.3, -0.25) is 4.79 Å². The van der Waals surface area contributed by atoms with E-state index in [-0.39, 0.29) is 17.2 Å². The molecule has 1 aromatic rings. The summed E-state index contributed by atoms with van der Waals surface area (Å²) in [5.74, 6) is -1.81. The maximum absolute atomic E-state index is 11.4. The van der Waals surface area contributed by atoms with Crippen molar-refractivity contribution in [1.82, 2.24) is 4.98 Å². The van der Waals surface area contributed by atoms with E-state index in [0.29, 0.717) is 0 Å². The van der Waals surface area contributed by atoms with Crippen molar-refractivity contribution in [2.45, 2.75) is 19.1 Å². The van der Waals surface area contributed by atoms with Crippen molar-refractivity contribution >= 4 is 23.2 Å². The van der Waals surface area contributed by atoms with Crippen molar-refractivity contribution in [3.05, 3.63) is 16.1 Å². The number of primary amides is 1. The number of carbonyl (C=O) groups excluding carboxylic acids is 2. The minimum Gasteiger partial charge on any atom is -0.461 e. The molecule has 0 aromatic carbocycles. The Morgan fingerprint density at radius 2 is 2.24 bits per heavy atom. The normalized spacial score (nSPS) is 14.1. The number of esters is 1. The number of aliphatic hydroxyl groups is 2. The van der Waals surface area contributed by atoms with Crippen LogP contribution in [0.1, 0.15) is 28.4 Å². The molecule has 0 saturated carbocycles. The second-order valence-electron chi connectivity index (χ2n) is 3.08. The predicted molar refractivity (Wildman–Crippen MR) is 58.2 cm³/mol. The SMILES string of the molecule is CCOC(=O)c1ncsc1C(O)C(O)C(N)=O. The average Bonchev–Trinajstić information content (AvgIpc) is 2.76. The van der Waals surface area contributed by atoms with E-state index in [2.05, 4.69) is 4.98 Å². The Labute approximate surface area is 101 Å². The van der Waals surface area contributed by atoms with Gasteiger partial charge in [0.2, 0.25) is 5.91 Å². The Morgan fingerprint density at radius 1 is 1.59 bits per heavy atom. The Balaban J connectivity index is 2.95. The fourth-order valence-corrected chi connectivity index (χ4v) is 1.90. The molecule has 1 amide bonds. The topological polar surface area (TPSA) is 123 Å². The standard InChI is InChI=1S/C9H12N2O5S/c1-2-16-9(15)4-7(17-3-11-4)5(12)6(13)8(10)14/h3,5-6,12-13H,2H2,1H3,(H2,10,14). The Morgan fingerprint density at radius 3 is 2.76 bits per heavy atom.